The second kappa shape index (κ2) is 8.89. The summed E-state index contributed by atoms with van der Waals surface area (Å²) in [6, 6.07) is 0.606. The van der Waals surface area contributed by atoms with E-state index in [9.17, 15) is 0 Å². The van der Waals surface area contributed by atoms with Crippen molar-refractivity contribution >= 4 is 17.7 Å². The van der Waals surface area contributed by atoms with E-state index in [2.05, 4.69) is 35.8 Å². The van der Waals surface area contributed by atoms with E-state index in [0.29, 0.717) is 6.04 Å². The van der Waals surface area contributed by atoms with Crippen LogP contribution in [0.2, 0.25) is 0 Å². The van der Waals surface area contributed by atoms with Crippen molar-refractivity contribution in [2.24, 2.45) is 10.9 Å². The SMILES string of the molecule is CCNC(=NCC1CCCN(C)C1)NC1CCC(SC)C1. The molecule has 1 heterocycles. The molecule has 0 radical (unpaired) electrons. The van der Waals surface area contributed by atoms with Crippen LogP contribution in [0, 0.1) is 5.92 Å². The number of aliphatic imine (C=N–C) groups is 1. The minimum absolute atomic E-state index is 0.606. The Balaban J connectivity index is 1.81. The van der Waals surface area contributed by atoms with Crippen molar-refractivity contribution in [3.8, 4) is 0 Å². The number of nitrogens with one attached hydrogen (secondary N) is 2. The van der Waals surface area contributed by atoms with Crippen molar-refractivity contribution in [2.75, 3.05) is 39.5 Å². The Labute approximate surface area is 134 Å². The maximum Gasteiger partial charge on any atom is 0.191 e. The predicted molar refractivity (Wildman–Crippen MR) is 94.3 cm³/mol. The largest absolute Gasteiger partial charge is 0.357 e. The lowest BCUT2D eigenvalue weighted by molar-refractivity contribution is 0.214. The Hall–Kier alpha value is -0.420. The van der Waals surface area contributed by atoms with Crippen molar-refractivity contribution in [2.45, 2.75) is 50.3 Å². The van der Waals surface area contributed by atoms with E-state index in [1.54, 1.807) is 0 Å². The van der Waals surface area contributed by atoms with E-state index in [0.717, 1.165) is 30.2 Å². The molecule has 4 nitrogen and oxygen atoms in total. The maximum atomic E-state index is 4.85. The van der Waals surface area contributed by atoms with Crippen molar-refractivity contribution in [3.63, 3.8) is 0 Å². The van der Waals surface area contributed by atoms with Crippen LogP contribution in [0.4, 0.5) is 0 Å². The highest BCUT2D eigenvalue weighted by Gasteiger charge is 2.24. The Kier molecular flexibility index (Phi) is 7.17. The van der Waals surface area contributed by atoms with Gasteiger partial charge in [-0.05, 0) is 64.8 Å². The van der Waals surface area contributed by atoms with Gasteiger partial charge >= 0.3 is 0 Å². The molecular formula is C16H32N4S. The quantitative estimate of drug-likeness (QED) is 0.603. The van der Waals surface area contributed by atoms with E-state index < -0.39 is 0 Å². The molecule has 0 amide bonds. The van der Waals surface area contributed by atoms with E-state index in [1.807, 2.05) is 11.8 Å². The Morgan fingerprint density at radius 2 is 2.19 bits per heavy atom. The van der Waals surface area contributed by atoms with Gasteiger partial charge < -0.3 is 15.5 Å². The van der Waals surface area contributed by atoms with Crippen molar-refractivity contribution in [1.82, 2.24) is 15.5 Å². The lowest BCUT2D eigenvalue weighted by Crippen LogP contribution is -2.43. The van der Waals surface area contributed by atoms with Gasteiger partial charge in [0.25, 0.3) is 0 Å². The van der Waals surface area contributed by atoms with E-state index in [1.165, 1.54) is 45.2 Å². The third-order valence-electron chi connectivity index (χ3n) is 4.63. The average Bonchev–Trinajstić information content (AvgIpc) is 2.93. The molecule has 1 saturated heterocycles. The molecule has 1 aliphatic heterocycles. The minimum atomic E-state index is 0.606. The highest BCUT2D eigenvalue weighted by Crippen LogP contribution is 2.28. The summed E-state index contributed by atoms with van der Waals surface area (Å²) in [5.41, 5.74) is 0. The summed E-state index contributed by atoms with van der Waals surface area (Å²) in [7, 11) is 2.22. The number of rotatable bonds is 5. The molecule has 122 valence electrons. The van der Waals surface area contributed by atoms with E-state index >= 15 is 0 Å². The molecule has 21 heavy (non-hydrogen) atoms. The monoisotopic (exact) mass is 312 g/mol. The van der Waals surface area contributed by atoms with Crippen LogP contribution < -0.4 is 10.6 Å². The first kappa shape index (κ1) is 16.9. The molecule has 0 bridgehead atoms. The summed E-state index contributed by atoms with van der Waals surface area (Å²) in [5, 5.41) is 7.89. The lowest BCUT2D eigenvalue weighted by Gasteiger charge is -2.28. The van der Waals surface area contributed by atoms with Gasteiger partial charge in [-0.15, -0.1) is 0 Å². The molecule has 1 aliphatic carbocycles. The second-order valence-corrected chi connectivity index (χ2v) is 7.64. The van der Waals surface area contributed by atoms with Crippen LogP contribution in [0.25, 0.3) is 0 Å². The van der Waals surface area contributed by atoms with Crippen LogP contribution >= 0.6 is 11.8 Å². The summed E-state index contributed by atoms with van der Waals surface area (Å²) in [6.07, 6.45) is 8.77. The minimum Gasteiger partial charge on any atom is -0.357 e. The van der Waals surface area contributed by atoms with E-state index in [4.69, 9.17) is 4.99 Å². The molecule has 3 atom stereocenters. The van der Waals surface area contributed by atoms with Crippen molar-refractivity contribution in [1.29, 1.82) is 0 Å². The fraction of sp³-hybridized carbons (Fsp3) is 0.938. The van der Waals surface area contributed by atoms with Gasteiger partial charge in [0.15, 0.2) is 5.96 Å². The summed E-state index contributed by atoms with van der Waals surface area (Å²) in [5.74, 6) is 1.75. The summed E-state index contributed by atoms with van der Waals surface area (Å²) in [6.45, 7) is 6.48. The summed E-state index contributed by atoms with van der Waals surface area (Å²) in [4.78, 5) is 7.28. The number of guanidine groups is 1. The standard InChI is InChI=1S/C16H32N4S/c1-4-17-16(19-14-7-8-15(10-14)21-3)18-11-13-6-5-9-20(2)12-13/h13-15H,4-12H2,1-3H3,(H2,17,18,19). The molecule has 1 saturated carbocycles. The molecule has 2 aliphatic rings. The van der Waals surface area contributed by atoms with Crippen LogP contribution in [0.15, 0.2) is 4.99 Å². The number of piperidine rings is 1. The first-order valence-corrected chi connectivity index (χ1v) is 9.76. The highest BCUT2D eigenvalue weighted by atomic mass is 32.2. The summed E-state index contributed by atoms with van der Waals surface area (Å²) >= 11 is 2.01. The first-order chi connectivity index (χ1) is 10.2. The van der Waals surface area contributed by atoms with Gasteiger partial charge in [-0.3, -0.25) is 4.99 Å². The molecule has 0 aromatic rings. The molecule has 3 unspecified atom stereocenters. The van der Waals surface area contributed by atoms with Crippen LogP contribution in [-0.2, 0) is 0 Å². The average molecular weight is 313 g/mol. The van der Waals surface area contributed by atoms with Crippen LogP contribution in [0.5, 0.6) is 0 Å². The number of hydrogen-bond donors (Lipinski definition) is 2. The number of nitrogens with zero attached hydrogens (tertiary/aromatic N) is 2. The Bertz CT molecular complexity index is 334. The zero-order chi connectivity index (χ0) is 15.1. The molecule has 0 aromatic heterocycles. The fourth-order valence-corrected chi connectivity index (χ4v) is 4.24. The molecule has 5 heteroatoms. The van der Waals surface area contributed by atoms with Crippen LogP contribution in [0.1, 0.15) is 39.0 Å². The van der Waals surface area contributed by atoms with Gasteiger partial charge in [-0.25, -0.2) is 0 Å². The van der Waals surface area contributed by atoms with Crippen molar-refractivity contribution < 1.29 is 0 Å². The zero-order valence-electron chi connectivity index (χ0n) is 13.9. The molecule has 0 aromatic carbocycles. The van der Waals surface area contributed by atoms with Gasteiger partial charge in [0, 0.05) is 30.9 Å². The van der Waals surface area contributed by atoms with Gasteiger partial charge in [0.2, 0.25) is 0 Å². The van der Waals surface area contributed by atoms with E-state index in [-0.39, 0.29) is 0 Å². The third-order valence-corrected chi connectivity index (χ3v) is 5.73. The third kappa shape index (κ3) is 5.70. The highest BCUT2D eigenvalue weighted by molar-refractivity contribution is 7.99. The van der Waals surface area contributed by atoms with Gasteiger partial charge in [-0.2, -0.15) is 11.8 Å². The topological polar surface area (TPSA) is 39.7 Å². The van der Waals surface area contributed by atoms with Gasteiger partial charge in [0.1, 0.15) is 0 Å². The van der Waals surface area contributed by atoms with Gasteiger partial charge in [-0.1, -0.05) is 0 Å². The Morgan fingerprint density at radius 3 is 2.86 bits per heavy atom. The molecule has 2 rings (SSSR count). The number of likely N-dealkylation sites (tertiary alicyclic amines) is 1. The molecular weight excluding hydrogens is 280 g/mol. The molecule has 0 spiro atoms. The Morgan fingerprint density at radius 1 is 1.33 bits per heavy atom. The first-order valence-electron chi connectivity index (χ1n) is 8.47. The second-order valence-electron chi connectivity index (χ2n) is 6.50. The van der Waals surface area contributed by atoms with Gasteiger partial charge in [0.05, 0.1) is 0 Å². The van der Waals surface area contributed by atoms with Crippen molar-refractivity contribution in [3.05, 3.63) is 0 Å². The molecule has 2 N–H and O–H groups in total. The van der Waals surface area contributed by atoms with Crippen LogP contribution in [0.3, 0.4) is 0 Å². The lowest BCUT2D eigenvalue weighted by atomic mass is 9.99. The maximum absolute atomic E-state index is 4.85. The zero-order valence-corrected chi connectivity index (χ0v) is 14.7. The smallest absolute Gasteiger partial charge is 0.191 e. The van der Waals surface area contributed by atoms with Crippen LogP contribution in [-0.4, -0.2) is 61.6 Å². The number of thioether (sulfide) groups is 1. The summed E-state index contributed by atoms with van der Waals surface area (Å²) < 4.78 is 0. The predicted octanol–water partition coefficient (Wildman–Crippen LogP) is 2.17. The fourth-order valence-electron chi connectivity index (χ4n) is 3.44. The molecule has 2 fully saturated rings. The normalized spacial score (nSPS) is 31.4. The number of hydrogen-bond acceptors (Lipinski definition) is 3.